The smallest absolute Gasteiger partial charge is 0.00364 e. The van der Waals surface area contributed by atoms with E-state index >= 15 is 0 Å². The fourth-order valence-electron chi connectivity index (χ4n) is 1.00. The molecule has 0 bridgehead atoms. The van der Waals surface area contributed by atoms with Crippen molar-refractivity contribution in [1.29, 1.82) is 0 Å². The Morgan fingerprint density at radius 2 is 1.83 bits per heavy atom. The summed E-state index contributed by atoms with van der Waals surface area (Å²) in [6.07, 6.45) is 6.31. The number of rotatable bonds is 8. The van der Waals surface area contributed by atoms with E-state index in [1.807, 2.05) is 0 Å². The zero-order chi connectivity index (χ0) is 9.23. The average Bonchev–Trinajstić information content (AvgIpc) is 2.10. The van der Waals surface area contributed by atoms with Gasteiger partial charge >= 0.3 is 0 Å². The minimum atomic E-state index is 0.441. The minimum absolute atomic E-state index is 0.441. The molecule has 0 aliphatic heterocycles. The first-order valence-electron chi connectivity index (χ1n) is 5.14. The molecule has 0 aromatic heterocycles. The van der Waals surface area contributed by atoms with Crippen molar-refractivity contribution in [3.8, 4) is 0 Å². The van der Waals surface area contributed by atoms with E-state index in [9.17, 15) is 0 Å². The first kappa shape index (κ1) is 12.3. The van der Waals surface area contributed by atoms with E-state index in [0.717, 1.165) is 6.42 Å². The van der Waals surface area contributed by atoms with Crippen molar-refractivity contribution in [3.05, 3.63) is 0 Å². The van der Waals surface area contributed by atoms with Crippen LogP contribution in [0.2, 0.25) is 0 Å². The topological polar surface area (TPSA) is 26.0 Å². The van der Waals surface area contributed by atoms with Crippen LogP contribution in [0.1, 0.15) is 46.0 Å². The summed E-state index contributed by atoms with van der Waals surface area (Å²) in [5.41, 5.74) is 5.80. The van der Waals surface area contributed by atoms with Crippen molar-refractivity contribution in [2.24, 2.45) is 5.73 Å². The van der Waals surface area contributed by atoms with Gasteiger partial charge in [-0.3, -0.25) is 0 Å². The lowest BCUT2D eigenvalue weighted by Crippen LogP contribution is -2.18. The predicted octanol–water partition coefficient (Wildman–Crippen LogP) is 3.04. The van der Waals surface area contributed by atoms with Gasteiger partial charge < -0.3 is 5.73 Å². The molecule has 2 heteroatoms. The predicted molar refractivity (Wildman–Crippen MR) is 59.7 cm³/mol. The van der Waals surface area contributed by atoms with Crippen molar-refractivity contribution >= 4 is 11.8 Å². The Morgan fingerprint density at radius 3 is 2.42 bits per heavy atom. The molecule has 0 heterocycles. The normalized spacial score (nSPS) is 13.2. The van der Waals surface area contributed by atoms with Crippen molar-refractivity contribution in [2.45, 2.75) is 52.0 Å². The summed E-state index contributed by atoms with van der Waals surface area (Å²) in [4.78, 5) is 0. The summed E-state index contributed by atoms with van der Waals surface area (Å²) < 4.78 is 0. The van der Waals surface area contributed by atoms with Gasteiger partial charge in [-0.2, -0.15) is 11.8 Å². The lowest BCUT2D eigenvalue weighted by Gasteiger charge is -2.07. The van der Waals surface area contributed by atoms with Crippen LogP contribution in [0, 0.1) is 0 Å². The summed E-state index contributed by atoms with van der Waals surface area (Å²) in [7, 11) is 0. The van der Waals surface area contributed by atoms with E-state index in [1.54, 1.807) is 0 Å². The molecular weight excluding hydrogens is 166 g/mol. The zero-order valence-electron chi connectivity index (χ0n) is 8.51. The van der Waals surface area contributed by atoms with E-state index in [4.69, 9.17) is 5.73 Å². The summed E-state index contributed by atoms with van der Waals surface area (Å²) in [6.45, 7) is 4.41. The lowest BCUT2D eigenvalue weighted by atomic mass is 10.1. The van der Waals surface area contributed by atoms with E-state index in [0.29, 0.717) is 6.04 Å². The first-order chi connectivity index (χ1) is 5.81. The van der Waals surface area contributed by atoms with Crippen molar-refractivity contribution in [2.75, 3.05) is 11.5 Å². The molecule has 0 aliphatic rings. The third-order valence-corrected chi connectivity index (χ3v) is 3.18. The van der Waals surface area contributed by atoms with Crippen molar-refractivity contribution in [3.63, 3.8) is 0 Å². The molecule has 0 aromatic rings. The second kappa shape index (κ2) is 9.40. The number of unbranched alkanes of at least 4 members (excludes halogenated alkanes) is 1. The third-order valence-electron chi connectivity index (χ3n) is 2.03. The SMILES string of the molecule is CCCCSCCCC(N)CC. The van der Waals surface area contributed by atoms with Crippen LogP contribution >= 0.6 is 11.8 Å². The molecule has 0 fully saturated rings. The van der Waals surface area contributed by atoms with Crippen LogP contribution in [-0.4, -0.2) is 17.5 Å². The zero-order valence-corrected chi connectivity index (χ0v) is 9.33. The number of nitrogens with two attached hydrogens (primary N) is 1. The summed E-state index contributed by atoms with van der Waals surface area (Å²) in [5.74, 6) is 2.63. The third kappa shape index (κ3) is 8.41. The van der Waals surface area contributed by atoms with E-state index in [-0.39, 0.29) is 0 Å². The molecule has 0 amide bonds. The van der Waals surface area contributed by atoms with Crippen LogP contribution in [0.4, 0.5) is 0 Å². The van der Waals surface area contributed by atoms with Crippen LogP contribution in [0.25, 0.3) is 0 Å². The summed E-state index contributed by atoms with van der Waals surface area (Å²) >= 11 is 2.07. The monoisotopic (exact) mass is 189 g/mol. The van der Waals surface area contributed by atoms with Gasteiger partial charge in [-0.05, 0) is 37.2 Å². The van der Waals surface area contributed by atoms with Crippen molar-refractivity contribution < 1.29 is 0 Å². The van der Waals surface area contributed by atoms with E-state index in [2.05, 4.69) is 25.6 Å². The molecule has 1 nitrogen and oxygen atoms in total. The highest BCUT2D eigenvalue weighted by Gasteiger charge is 1.97. The highest BCUT2D eigenvalue weighted by Crippen LogP contribution is 2.09. The number of thioether (sulfide) groups is 1. The molecule has 0 spiro atoms. The van der Waals surface area contributed by atoms with Gasteiger partial charge in [-0.25, -0.2) is 0 Å². The minimum Gasteiger partial charge on any atom is -0.328 e. The molecule has 0 rings (SSSR count). The van der Waals surface area contributed by atoms with Gasteiger partial charge in [0.2, 0.25) is 0 Å². The Balaban J connectivity index is 2.90. The van der Waals surface area contributed by atoms with E-state index in [1.165, 1.54) is 37.2 Å². The largest absolute Gasteiger partial charge is 0.328 e. The van der Waals surface area contributed by atoms with Crippen LogP contribution in [-0.2, 0) is 0 Å². The summed E-state index contributed by atoms with van der Waals surface area (Å²) in [5, 5.41) is 0. The fourth-order valence-corrected chi connectivity index (χ4v) is 2.07. The Labute approximate surface area is 81.5 Å². The molecule has 0 aliphatic carbocycles. The summed E-state index contributed by atoms with van der Waals surface area (Å²) in [6, 6.07) is 0.441. The lowest BCUT2D eigenvalue weighted by molar-refractivity contribution is 0.589. The van der Waals surface area contributed by atoms with Gasteiger partial charge in [-0.1, -0.05) is 20.3 Å². The van der Waals surface area contributed by atoms with Gasteiger partial charge in [0.1, 0.15) is 0 Å². The molecule has 1 unspecified atom stereocenters. The first-order valence-corrected chi connectivity index (χ1v) is 6.30. The number of hydrogen-bond donors (Lipinski definition) is 1. The van der Waals surface area contributed by atoms with Gasteiger partial charge in [0.05, 0.1) is 0 Å². The quantitative estimate of drug-likeness (QED) is 0.594. The maximum atomic E-state index is 5.80. The maximum Gasteiger partial charge on any atom is 0.00364 e. The van der Waals surface area contributed by atoms with Gasteiger partial charge in [0.25, 0.3) is 0 Å². The second-order valence-electron chi connectivity index (χ2n) is 3.28. The molecule has 0 aromatic carbocycles. The molecule has 0 radical (unpaired) electrons. The van der Waals surface area contributed by atoms with Gasteiger partial charge in [-0.15, -0.1) is 0 Å². The Hall–Kier alpha value is 0.310. The maximum absolute atomic E-state index is 5.80. The van der Waals surface area contributed by atoms with Crippen molar-refractivity contribution in [1.82, 2.24) is 0 Å². The molecular formula is C10H23NS. The molecule has 0 saturated heterocycles. The standard InChI is InChI=1S/C10H23NS/c1-3-5-8-12-9-6-7-10(11)4-2/h10H,3-9,11H2,1-2H3. The Bertz CT molecular complexity index is 85.9. The highest BCUT2D eigenvalue weighted by molar-refractivity contribution is 7.99. The van der Waals surface area contributed by atoms with Crippen LogP contribution < -0.4 is 5.73 Å². The fraction of sp³-hybridized carbons (Fsp3) is 1.00. The van der Waals surface area contributed by atoms with Gasteiger partial charge in [0, 0.05) is 6.04 Å². The molecule has 1 atom stereocenters. The molecule has 2 N–H and O–H groups in total. The molecule has 74 valence electrons. The number of hydrogen-bond acceptors (Lipinski definition) is 2. The molecule has 12 heavy (non-hydrogen) atoms. The van der Waals surface area contributed by atoms with Crippen LogP contribution in [0.15, 0.2) is 0 Å². The second-order valence-corrected chi connectivity index (χ2v) is 4.50. The van der Waals surface area contributed by atoms with Gasteiger partial charge in [0.15, 0.2) is 0 Å². The highest BCUT2D eigenvalue weighted by atomic mass is 32.2. The Kier molecular flexibility index (Phi) is 9.64. The van der Waals surface area contributed by atoms with Crippen LogP contribution in [0.3, 0.4) is 0 Å². The van der Waals surface area contributed by atoms with E-state index < -0.39 is 0 Å². The van der Waals surface area contributed by atoms with Crippen LogP contribution in [0.5, 0.6) is 0 Å². The molecule has 0 saturated carbocycles. The Morgan fingerprint density at radius 1 is 1.17 bits per heavy atom. The average molecular weight is 189 g/mol.